The molecule has 0 aliphatic rings. The number of anilines is 3. The molecule has 25 heavy (non-hydrogen) atoms. The van der Waals surface area contributed by atoms with Crippen LogP contribution in [0.5, 0.6) is 0 Å². The lowest BCUT2D eigenvalue weighted by atomic mass is 10.2. The van der Waals surface area contributed by atoms with Gasteiger partial charge in [0.05, 0.1) is 0 Å². The fourth-order valence-corrected chi connectivity index (χ4v) is 2.24. The first-order chi connectivity index (χ1) is 11.6. The number of hydrogen-bond acceptors (Lipinski definition) is 5. The van der Waals surface area contributed by atoms with Gasteiger partial charge in [0.15, 0.2) is 5.69 Å². The SMILES string of the molecule is Cc1cc(Nc2cc(C(F)(F)F)nc(NCCN(C)C)n2)ccc1Br. The van der Waals surface area contributed by atoms with Crippen molar-refractivity contribution in [3.63, 3.8) is 0 Å². The fraction of sp³-hybridized carbons (Fsp3) is 0.375. The number of hydrogen-bond donors (Lipinski definition) is 2. The highest BCUT2D eigenvalue weighted by atomic mass is 79.9. The van der Waals surface area contributed by atoms with Gasteiger partial charge in [-0.05, 0) is 44.8 Å². The highest BCUT2D eigenvalue weighted by Gasteiger charge is 2.33. The molecule has 5 nitrogen and oxygen atoms in total. The van der Waals surface area contributed by atoms with Crippen molar-refractivity contribution in [1.82, 2.24) is 14.9 Å². The van der Waals surface area contributed by atoms with Crippen LogP contribution in [0.1, 0.15) is 11.3 Å². The van der Waals surface area contributed by atoms with Gasteiger partial charge >= 0.3 is 6.18 Å². The molecule has 2 aromatic rings. The van der Waals surface area contributed by atoms with Crippen LogP contribution in [-0.4, -0.2) is 42.1 Å². The zero-order chi connectivity index (χ0) is 18.6. The normalized spacial score (nSPS) is 11.7. The number of aryl methyl sites for hydroxylation is 1. The maximum atomic E-state index is 13.1. The van der Waals surface area contributed by atoms with Crippen LogP contribution in [0, 0.1) is 6.92 Å². The first-order valence-corrected chi connectivity index (χ1v) is 8.32. The molecule has 136 valence electrons. The Balaban J connectivity index is 2.27. The van der Waals surface area contributed by atoms with E-state index in [1.807, 2.05) is 38.1 Å². The highest BCUT2D eigenvalue weighted by molar-refractivity contribution is 9.10. The summed E-state index contributed by atoms with van der Waals surface area (Å²) in [5.41, 5.74) is 0.609. The Hall–Kier alpha value is -1.87. The topological polar surface area (TPSA) is 53.1 Å². The monoisotopic (exact) mass is 417 g/mol. The van der Waals surface area contributed by atoms with Gasteiger partial charge in [0, 0.05) is 29.3 Å². The van der Waals surface area contributed by atoms with Gasteiger partial charge in [-0.2, -0.15) is 18.2 Å². The lowest BCUT2D eigenvalue weighted by molar-refractivity contribution is -0.141. The molecule has 0 saturated heterocycles. The fourth-order valence-electron chi connectivity index (χ4n) is 2.00. The number of alkyl halides is 3. The number of likely N-dealkylation sites (N-methyl/N-ethyl adjacent to an activating group) is 1. The molecule has 0 atom stereocenters. The Labute approximate surface area is 152 Å². The molecule has 2 N–H and O–H groups in total. The average Bonchev–Trinajstić information content (AvgIpc) is 2.49. The van der Waals surface area contributed by atoms with Crippen molar-refractivity contribution >= 4 is 33.4 Å². The van der Waals surface area contributed by atoms with Crippen molar-refractivity contribution in [3.05, 3.63) is 40.0 Å². The maximum Gasteiger partial charge on any atom is 0.433 e. The minimum Gasteiger partial charge on any atom is -0.353 e. The Kier molecular flexibility index (Phi) is 6.23. The molecular weight excluding hydrogens is 399 g/mol. The summed E-state index contributed by atoms with van der Waals surface area (Å²) in [6.07, 6.45) is -4.55. The zero-order valence-electron chi connectivity index (χ0n) is 14.1. The van der Waals surface area contributed by atoms with Gasteiger partial charge in [-0.3, -0.25) is 0 Å². The molecule has 1 heterocycles. The van der Waals surface area contributed by atoms with E-state index in [0.29, 0.717) is 18.8 Å². The Morgan fingerprint density at radius 3 is 2.48 bits per heavy atom. The molecular formula is C16H19BrF3N5. The van der Waals surface area contributed by atoms with E-state index in [2.05, 4.69) is 36.5 Å². The van der Waals surface area contributed by atoms with Crippen molar-refractivity contribution in [1.29, 1.82) is 0 Å². The zero-order valence-corrected chi connectivity index (χ0v) is 15.7. The largest absolute Gasteiger partial charge is 0.433 e. The third-order valence-corrected chi connectivity index (χ3v) is 4.18. The number of rotatable bonds is 6. The third kappa shape index (κ3) is 5.86. The van der Waals surface area contributed by atoms with Crippen molar-refractivity contribution in [2.24, 2.45) is 0 Å². The molecule has 2 rings (SSSR count). The van der Waals surface area contributed by atoms with Crippen LogP contribution in [0.15, 0.2) is 28.7 Å². The Morgan fingerprint density at radius 2 is 1.88 bits per heavy atom. The highest BCUT2D eigenvalue weighted by Crippen LogP contribution is 2.31. The summed E-state index contributed by atoms with van der Waals surface area (Å²) >= 11 is 3.39. The summed E-state index contributed by atoms with van der Waals surface area (Å²) in [6, 6.07) is 6.29. The van der Waals surface area contributed by atoms with Crippen LogP contribution in [0.25, 0.3) is 0 Å². The summed E-state index contributed by atoms with van der Waals surface area (Å²) in [5, 5.41) is 5.73. The summed E-state index contributed by atoms with van der Waals surface area (Å²) in [6.45, 7) is 2.98. The minimum atomic E-state index is -4.55. The quantitative estimate of drug-likeness (QED) is 0.734. The van der Waals surface area contributed by atoms with Crippen molar-refractivity contribution in [2.45, 2.75) is 13.1 Å². The summed E-state index contributed by atoms with van der Waals surface area (Å²) in [4.78, 5) is 9.60. The molecule has 0 radical (unpaired) electrons. The number of nitrogens with one attached hydrogen (secondary N) is 2. The van der Waals surface area contributed by atoms with Gasteiger partial charge in [0.2, 0.25) is 5.95 Å². The van der Waals surface area contributed by atoms with Gasteiger partial charge in [-0.1, -0.05) is 15.9 Å². The van der Waals surface area contributed by atoms with Crippen molar-refractivity contribution < 1.29 is 13.2 Å². The van der Waals surface area contributed by atoms with E-state index in [1.54, 1.807) is 6.07 Å². The predicted octanol–water partition coefficient (Wildman–Crippen LogP) is 4.28. The van der Waals surface area contributed by atoms with Gasteiger partial charge in [-0.15, -0.1) is 0 Å². The van der Waals surface area contributed by atoms with Crippen LogP contribution >= 0.6 is 15.9 Å². The molecule has 0 aliphatic carbocycles. The van der Waals surface area contributed by atoms with E-state index in [0.717, 1.165) is 16.1 Å². The van der Waals surface area contributed by atoms with Gasteiger partial charge in [0.25, 0.3) is 0 Å². The number of benzene rings is 1. The van der Waals surface area contributed by atoms with Crippen LogP contribution in [0.3, 0.4) is 0 Å². The van der Waals surface area contributed by atoms with Crippen molar-refractivity contribution in [2.75, 3.05) is 37.8 Å². The van der Waals surface area contributed by atoms with E-state index in [4.69, 9.17) is 0 Å². The molecule has 0 spiro atoms. The number of halogens is 4. The molecule has 1 aromatic heterocycles. The smallest absolute Gasteiger partial charge is 0.353 e. The van der Waals surface area contributed by atoms with E-state index in [9.17, 15) is 13.2 Å². The minimum absolute atomic E-state index is 0.0620. The van der Waals surface area contributed by atoms with Gasteiger partial charge in [0.1, 0.15) is 5.82 Å². The van der Waals surface area contributed by atoms with E-state index >= 15 is 0 Å². The second-order valence-corrected chi connectivity index (χ2v) is 6.63. The summed E-state index contributed by atoms with van der Waals surface area (Å²) in [7, 11) is 3.75. The molecule has 9 heteroatoms. The first kappa shape index (κ1) is 19.5. The molecule has 0 bridgehead atoms. The molecule has 0 aliphatic heterocycles. The van der Waals surface area contributed by atoms with E-state index in [1.165, 1.54) is 0 Å². The summed E-state index contributed by atoms with van der Waals surface area (Å²) in [5.74, 6) is 0.0180. The molecule has 1 aromatic carbocycles. The Morgan fingerprint density at radius 1 is 1.16 bits per heavy atom. The molecule has 0 fully saturated rings. The Bertz CT molecular complexity index is 734. The number of aromatic nitrogens is 2. The average molecular weight is 418 g/mol. The van der Waals surface area contributed by atoms with Crippen molar-refractivity contribution in [3.8, 4) is 0 Å². The van der Waals surface area contributed by atoms with E-state index in [-0.39, 0.29) is 11.8 Å². The third-order valence-electron chi connectivity index (χ3n) is 3.29. The summed E-state index contributed by atoms with van der Waals surface area (Å²) < 4.78 is 40.2. The second kappa shape index (κ2) is 8.01. The molecule has 0 unspecified atom stereocenters. The van der Waals surface area contributed by atoms with Crippen LogP contribution in [-0.2, 0) is 6.18 Å². The second-order valence-electron chi connectivity index (χ2n) is 5.78. The molecule has 0 amide bonds. The lowest BCUT2D eigenvalue weighted by Gasteiger charge is -2.14. The predicted molar refractivity (Wildman–Crippen MR) is 96.2 cm³/mol. The van der Waals surface area contributed by atoms with Gasteiger partial charge < -0.3 is 15.5 Å². The van der Waals surface area contributed by atoms with Gasteiger partial charge in [-0.25, -0.2) is 4.98 Å². The standard InChI is InChI=1S/C16H19BrF3N5/c1-10-8-11(4-5-12(10)17)22-14-9-13(16(18,19)20)23-15(24-14)21-6-7-25(2)3/h4-5,8-9H,6-7H2,1-3H3,(H2,21,22,23,24). The van der Waals surface area contributed by atoms with Crippen LogP contribution in [0.4, 0.5) is 30.6 Å². The van der Waals surface area contributed by atoms with E-state index < -0.39 is 11.9 Å². The van der Waals surface area contributed by atoms with Crippen LogP contribution in [0.2, 0.25) is 0 Å². The lowest BCUT2D eigenvalue weighted by Crippen LogP contribution is -2.22. The number of nitrogens with zero attached hydrogens (tertiary/aromatic N) is 3. The molecule has 0 saturated carbocycles. The maximum absolute atomic E-state index is 13.1. The first-order valence-electron chi connectivity index (χ1n) is 7.53. The van der Waals surface area contributed by atoms with Crippen LogP contribution < -0.4 is 10.6 Å².